The topological polar surface area (TPSA) is 24.5 Å². The Labute approximate surface area is 157 Å². The third-order valence-corrected chi connectivity index (χ3v) is 5.72. The van der Waals surface area contributed by atoms with E-state index in [4.69, 9.17) is 4.74 Å². The van der Waals surface area contributed by atoms with Crippen molar-refractivity contribution < 1.29 is 4.74 Å². The van der Waals surface area contributed by atoms with Crippen molar-refractivity contribution in [3.63, 3.8) is 0 Å². The smallest absolute Gasteiger partial charge is 0.122 e. The van der Waals surface area contributed by atoms with Crippen molar-refractivity contribution in [2.75, 3.05) is 19.7 Å². The minimum atomic E-state index is 0.828. The molecule has 1 N–H and O–H groups in total. The maximum atomic E-state index is 5.57. The number of nitrogens with zero attached hydrogens (tertiary/aromatic N) is 1. The number of benzene rings is 2. The molecular formula is C23H30N2O. The summed E-state index contributed by atoms with van der Waals surface area (Å²) in [5, 5.41) is 3.56. The minimum absolute atomic E-state index is 0.828. The van der Waals surface area contributed by atoms with Crippen LogP contribution in [0.1, 0.15) is 42.0 Å². The summed E-state index contributed by atoms with van der Waals surface area (Å²) in [5.74, 6) is 1.96. The van der Waals surface area contributed by atoms with Gasteiger partial charge in [-0.15, -0.1) is 0 Å². The van der Waals surface area contributed by atoms with E-state index in [0.717, 1.165) is 44.3 Å². The van der Waals surface area contributed by atoms with E-state index in [-0.39, 0.29) is 0 Å². The predicted molar refractivity (Wildman–Crippen MR) is 106 cm³/mol. The van der Waals surface area contributed by atoms with Crippen molar-refractivity contribution in [2.24, 2.45) is 5.92 Å². The first-order valence-electron chi connectivity index (χ1n) is 10.0. The van der Waals surface area contributed by atoms with Crippen LogP contribution in [-0.2, 0) is 26.1 Å². The SMILES string of the molecule is CC1CCN(Cc2ccc(CNCc3ccc4c(c3)CCO4)cc2)CC1. The number of hydrogen-bond donors (Lipinski definition) is 1. The van der Waals surface area contributed by atoms with E-state index in [2.05, 4.69) is 59.6 Å². The average Bonchev–Trinajstić information content (AvgIpc) is 3.13. The molecule has 0 spiro atoms. The van der Waals surface area contributed by atoms with Crippen LogP contribution in [0.15, 0.2) is 42.5 Å². The monoisotopic (exact) mass is 350 g/mol. The lowest BCUT2D eigenvalue weighted by molar-refractivity contribution is 0.185. The number of ether oxygens (including phenoxy) is 1. The number of hydrogen-bond acceptors (Lipinski definition) is 3. The summed E-state index contributed by atoms with van der Waals surface area (Å²) < 4.78 is 5.57. The largest absolute Gasteiger partial charge is 0.493 e. The van der Waals surface area contributed by atoms with E-state index in [0.29, 0.717) is 0 Å². The van der Waals surface area contributed by atoms with Crippen molar-refractivity contribution in [2.45, 2.75) is 45.8 Å². The highest BCUT2D eigenvalue weighted by Crippen LogP contribution is 2.25. The molecule has 2 heterocycles. The van der Waals surface area contributed by atoms with Gasteiger partial charge < -0.3 is 10.1 Å². The fraction of sp³-hybridized carbons (Fsp3) is 0.478. The highest BCUT2D eigenvalue weighted by molar-refractivity contribution is 5.39. The number of piperidine rings is 1. The summed E-state index contributed by atoms with van der Waals surface area (Å²) in [6.07, 6.45) is 3.73. The molecule has 0 aromatic heterocycles. The van der Waals surface area contributed by atoms with Gasteiger partial charge in [-0.1, -0.05) is 43.3 Å². The van der Waals surface area contributed by atoms with Gasteiger partial charge in [0.05, 0.1) is 6.61 Å². The van der Waals surface area contributed by atoms with Gasteiger partial charge >= 0.3 is 0 Å². The standard InChI is InChI=1S/C23H30N2O/c1-18-8-11-25(12-9-18)17-20-4-2-19(3-5-20)15-24-16-21-6-7-23-22(14-21)10-13-26-23/h2-7,14,18,24H,8-13,15-17H2,1H3. The second-order valence-electron chi connectivity index (χ2n) is 7.92. The predicted octanol–water partition coefficient (Wildman–Crippen LogP) is 4.14. The molecule has 0 atom stereocenters. The average molecular weight is 351 g/mol. The first-order valence-corrected chi connectivity index (χ1v) is 10.0. The molecule has 2 aliphatic rings. The molecular weight excluding hydrogens is 320 g/mol. The van der Waals surface area contributed by atoms with Gasteiger partial charge in [0, 0.05) is 26.1 Å². The van der Waals surface area contributed by atoms with Crippen LogP contribution in [0.25, 0.3) is 0 Å². The summed E-state index contributed by atoms with van der Waals surface area (Å²) in [6.45, 7) is 8.60. The van der Waals surface area contributed by atoms with E-state index >= 15 is 0 Å². The molecule has 2 aromatic carbocycles. The quantitative estimate of drug-likeness (QED) is 0.847. The molecule has 3 heteroatoms. The van der Waals surface area contributed by atoms with Crippen molar-refractivity contribution in [3.8, 4) is 5.75 Å². The molecule has 1 fully saturated rings. The zero-order valence-corrected chi connectivity index (χ0v) is 15.8. The lowest BCUT2D eigenvalue weighted by Gasteiger charge is -2.30. The fourth-order valence-corrected chi connectivity index (χ4v) is 3.94. The Balaban J connectivity index is 1.24. The minimum Gasteiger partial charge on any atom is -0.493 e. The van der Waals surface area contributed by atoms with Gasteiger partial charge in [-0.25, -0.2) is 0 Å². The van der Waals surface area contributed by atoms with Crippen LogP contribution in [0.5, 0.6) is 5.75 Å². The van der Waals surface area contributed by atoms with Crippen molar-refractivity contribution in [1.29, 1.82) is 0 Å². The van der Waals surface area contributed by atoms with Crippen LogP contribution in [0.4, 0.5) is 0 Å². The number of rotatable bonds is 6. The zero-order chi connectivity index (χ0) is 17.8. The molecule has 0 saturated carbocycles. The Morgan fingerprint density at radius 3 is 2.46 bits per heavy atom. The Morgan fingerprint density at radius 2 is 1.65 bits per heavy atom. The Bertz CT molecular complexity index is 717. The van der Waals surface area contributed by atoms with Crippen LogP contribution >= 0.6 is 0 Å². The molecule has 0 aliphatic carbocycles. The maximum Gasteiger partial charge on any atom is 0.122 e. The van der Waals surface area contributed by atoms with Crippen LogP contribution in [0, 0.1) is 5.92 Å². The normalized spacial score (nSPS) is 17.9. The molecule has 1 saturated heterocycles. The molecule has 0 unspecified atom stereocenters. The molecule has 2 aliphatic heterocycles. The Kier molecular flexibility index (Phi) is 5.57. The fourth-order valence-electron chi connectivity index (χ4n) is 3.94. The first kappa shape index (κ1) is 17.6. The van der Waals surface area contributed by atoms with Crippen LogP contribution in [0.2, 0.25) is 0 Å². The van der Waals surface area contributed by atoms with Gasteiger partial charge in [-0.3, -0.25) is 4.90 Å². The van der Waals surface area contributed by atoms with Crippen LogP contribution < -0.4 is 10.1 Å². The van der Waals surface area contributed by atoms with Crippen molar-refractivity contribution in [1.82, 2.24) is 10.2 Å². The maximum absolute atomic E-state index is 5.57. The highest BCUT2D eigenvalue weighted by atomic mass is 16.5. The molecule has 138 valence electrons. The van der Waals surface area contributed by atoms with Crippen molar-refractivity contribution in [3.05, 3.63) is 64.7 Å². The van der Waals surface area contributed by atoms with Crippen LogP contribution in [-0.4, -0.2) is 24.6 Å². The highest BCUT2D eigenvalue weighted by Gasteiger charge is 2.15. The Hall–Kier alpha value is -1.84. The molecule has 0 amide bonds. The van der Waals surface area contributed by atoms with E-state index in [1.807, 2.05) is 0 Å². The third kappa shape index (κ3) is 4.46. The second kappa shape index (κ2) is 8.24. The van der Waals surface area contributed by atoms with Gasteiger partial charge in [0.25, 0.3) is 0 Å². The molecule has 2 aromatic rings. The van der Waals surface area contributed by atoms with E-state index < -0.39 is 0 Å². The number of fused-ring (bicyclic) bond motifs is 1. The third-order valence-electron chi connectivity index (χ3n) is 5.72. The van der Waals surface area contributed by atoms with Gasteiger partial charge in [0.1, 0.15) is 5.75 Å². The summed E-state index contributed by atoms with van der Waals surface area (Å²) in [4.78, 5) is 2.59. The second-order valence-corrected chi connectivity index (χ2v) is 7.92. The molecule has 3 nitrogen and oxygen atoms in total. The van der Waals surface area contributed by atoms with E-state index in [1.165, 1.54) is 48.2 Å². The van der Waals surface area contributed by atoms with Gasteiger partial charge in [0.2, 0.25) is 0 Å². The summed E-state index contributed by atoms with van der Waals surface area (Å²) >= 11 is 0. The van der Waals surface area contributed by atoms with Gasteiger partial charge in [0.15, 0.2) is 0 Å². The summed E-state index contributed by atoms with van der Waals surface area (Å²) in [7, 11) is 0. The number of nitrogens with one attached hydrogen (secondary N) is 1. The zero-order valence-electron chi connectivity index (χ0n) is 15.8. The number of likely N-dealkylation sites (tertiary alicyclic amines) is 1. The van der Waals surface area contributed by atoms with Crippen LogP contribution in [0.3, 0.4) is 0 Å². The van der Waals surface area contributed by atoms with E-state index in [1.54, 1.807) is 0 Å². The van der Waals surface area contributed by atoms with Gasteiger partial charge in [-0.2, -0.15) is 0 Å². The van der Waals surface area contributed by atoms with Crippen molar-refractivity contribution >= 4 is 0 Å². The summed E-state index contributed by atoms with van der Waals surface area (Å²) in [5.41, 5.74) is 5.47. The first-order chi connectivity index (χ1) is 12.8. The van der Waals surface area contributed by atoms with E-state index in [9.17, 15) is 0 Å². The summed E-state index contributed by atoms with van der Waals surface area (Å²) in [6, 6.07) is 15.7. The van der Waals surface area contributed by atoms with Gasteiger partial charge in [-0.05, 0) is 60.2 Å². The molecule has 0 radical (unpaired) electrons. The molecule has 0 bridgehead atoms. The lowest BCUT2D eigenvalue weighted by atomic mass is 9.99. The molecule has 26 heavy (non-hydrogen) atoms. The Morgan fingerprint density at radius 1 is 0.962 bits per heavy atom. The lowest BCUT2D eigenvalue weighted by Crippen LogP contribution is -2.32. The molecule has 4 rings (SSSR count).